The molecule has 124 valence electrons. The Morgan fingerprint density at radius 1 is 1.18 bits per heavy atom. The molecule has 0 aliphatic heterocycles. The largest absolute Gasteiger partial charge is 0.456 e. The molecule has 5 heteroatoms. The summed E-state index contributed by atoms with van der Waals surface area (Å²) in [6.07, 6.45) is 0. The van der Waals surface area contributed by atoms with Crippen molar-refractivity contribution in [3.05, 3.63) is 35.4 Å². The standard InChI is InChI=1S/C17H27NO3S/c1-12(18-22(20)17(5,6)7)13-9-8-10-14(11-13)15(19)21-16(2,3)4/h8-12,18H,1-7H3/t12-,22+/m1/s1. The summed E-state index contributed by atoms with van der Waals surface area (Å²) in [5.74, 6) is -0.349. The summed E-state index contributed by atoms with van der Waals surface area (Å²) < 4.78 is 20.3. The van der Waals surface area contributed by atoms with Gasteiger partial charge >= 0.3 is 5.97 Å². The summed E-state index contributed by atoms with van der Waals surface area (Å²) in [5.41, 5.74) is 0.883. The fraction of sp³-hybridized carbons (Fsp3) is 0.588. The van der Waals surface area contributed by atoms with E-state index in [1.165, 1.54) is 0 Å². The molecule has 1 N–H and O–H groups in total. The van der Waals surface area contributed by atoms with Gasteiger partial charge in [0.1, 0.15) is 5.60 Å². The Bertz CT molecular complexity index is 556. The van der Waals surface area contributed by atoms with E-state index in [0.29, 0.717) is 5.56 Å². The lowest BCUT2D eigenvalue weighted by Gasteiger charge is -2.23. The monoisotopic (exact) mass is 325 g/mol. The molecule has 22 heavy (non-hydrogen) atoms. The number of hydrogen-bond acceptors (Lipinski definition) is 3. The van der Waals surface area contributed by atoms with Gasteiger partial charge in [0.2, 0.25) is 0 Å². The molecule has 0 saturated carbocycles. The molecule has 0 fully saturated rings. The molecule has 0 aliphatic carbocycles. The second-order valence-electron chi connectivity index (χ2n) is 7.35. The number of rotatable bonds is 4. The third kappa shape index (κ3) is 5.89. The molecular formula is C17H27NO3S. The Hall–Kier alpha value is -1.20. The minimum Gasteiger partial charge on any atom is -0.456 e. The highest BCUT2D eigenvalue weighted by Crippen LogP contribution is 2.19. The van der Waals surface area contributed by atoms with Crippen molar-refractivity contribution in [1.29, 1.82) is 0 Å². The molecule has 2 atom stereocenters. The smallest absolute Gasteiger partial charge is 0.338 e. The van der Waals surface area contributed by atoms with Gasteiger partial charge in [-0.1, -0.05) is 12.1 Å². The number of esters is 1. The average molecular weight is 325 g/mol. The van der Waals surface area contributed by atoms with Crippen LogP contribution in [-0.4, -0.2) is 20.5 Å². The predicted molar refractivity (Wildman–Crippen MR) is 91.1 cm³/mol. The van der Waals surface area contributed by atoms with Crippen LogP contribution in [0.15, 0.2) is 24.3 Å². The summed E-state index contributed by atoms with van der Waals surface area (Å²) in [6.45, 7) is 13.2. The third-order valence-electron chi connectivity index (χ3n) is 2.86. The quantitative estimate of drug-likeness (QED) is 0.858. The Morgan fingerprint density at radius 3 is 2.27 bits per heavy atom. The number of carbonyl (C=O) groups excluding carboxylic acids is 1. The number of hydrogen-bond donors (Lipinski definition) is 1. The van der Waals surface area contributed by atoms with Crippen LogP contribution in [0.3, 0.4) is 0 Å². The van der Waals surface area contributed by atoms with E-state index < -0.39 is 16.6 Å². The molecule has 0 spiro atoms. The van der Waals surface area contributed by atoms with E-state index in [-0.39, 0.29) is 16.8 Å². The normalized spacial score (nSPS) is 15.2. The van der Waals surface area contributed by atoms with E-state index in [1.807, 2.05) is 60.6 Å². The molecule has 1 rings (SSSR count). The minimum atomic E-state index is -1.17. The molecule has 0 heterocycles. The van der Waals surface area contributed by atoms with Gasteiger partial charge in [-0.05, 0) is 66.2 Å². The second kappa shape index (κ2) is 6.92. The Kier molecular flexibility index (Phi) is 5.93. The second-order valence-corrected chi connectivity index (χ2v) is 9.35. The summed E-state index contributed by atoms with van der Waals surface area (Å²) in [5, 5.41) is 0. The van der Waals surface area contributed by atoms with Gasteiger partial charge < -0.3 is 4.74 Å². The van der Waals surface area contributed by atoms with E-state index in [0.717, 1.165) is 5.56 Å². The Labute approximate surface area is 136 Å². The minimum absolute atomic E-state index is 0.123. The van der Waals surface area contributed by atoms with Crippen molar-refractivity contribution in [2.75, 3.05) is 0 Å². The summed E-state index contributed by atoms with van der Waals surface area (Å²) in [6, 6.07) is 7.11. The Morgan fingerprint density at radius 2 is 1.77 bits per heavy atom. The lowest BCUT2D eigenvalue weighted by atomic mass is 10.1. The molecule has 1 aromatic rings. The molecule has 1 aromatic carbocycles. The molecule has 0 radical (unpaired) electrons. The lowest BCUT2D eigenvalue weighted by molar-refractivity contribution is 0.00694. The van der Waals surface area contributed by atoms with Gasteiger partial charge in [0.15, 0.2) is 0 Å². The van der Waals surface area contributed by atoms with Crippen molar-refractivity contribution in [3.8, 4) is 0 Å². The van der Waals surface area contributed by atoms with Crippen LogP contribution in [0.2, 0.25) is 0 Å². The highest BCUT2D eigenvalue weighted by atomic mass is 32.2. The van der Waals surface area contributed by atoms with Crippen LogP contribution in [-0.2, 0) is 15.7 Å². The van der Waals surface area contributed by atoms with Gasteiger partial charge in [-0.3, -0.25) is 0 Å². The van der Waals surface area contributed by atoms with Crippen LogP contribution in [0.1, 0.15) is 70.4 Å². The number of ether oxygens (including phenoxy) is 1. The fourth-order valence-corrected chi connectivity index (χ4v) is 2.49. The third-order valence-corrected chi connectivity index (χ3v) is 4.54. The SMILES string of the molecule is C[C@@H](N[S@@](=O)C(C)(C)C)c1cccc(C(=O)OC(C)(C)C)c1. The zero-order valence-electron chi connectivity index (χ0n) is 14.5. The summed E-state index contributed by atoms with van der Waals surface area (Å²) in [7, 11) is -1.17. The average Bonchev–Trinajstić information content (AvgIpc) is 2.35. The molecule has 0 unspecified atom stereocenters. The van der Waals surface area contributed by atoms with Crippen LogP contribution < -0.4 is 4.72 Å². The molecule has 0 saturated heterocycles. The van der Waals surface area contributed by atoms with E-state index in [4.69, 9.17) is 4.74 Å². The summed E-state index contributed by atoms with van der Waals surface area (Å²) in [4.78, 5) is 12.1. The zero-order valence-corrected chi connectivity index (χ0v) is 15.3. The van der Waals surface area contributed by atoms with Crippen molar-refractivity contribution >= 4 is 17.0 Å². The molecular weight excluding hydrogens is 298 g/mol. The lowest BCUT2D eigenvalue weighted by Crippen LogP contribution is -2.34. The van der Waals surface area contributed by atoms with Gasteiger partial charge in [0, 0.05) is 6.04 Å². The topological polar surface area (TPSA) is 55.4 Å². The van der Waals surface area contributed by atoms with Gasteiger partial charge in [-0.25, -0.2) is 13.7 Å². The maximum atomic E-state index is 12.2. The van der Waals surface area contributed by atoms with Gasteiger partial charge in [-0.2, -0.15) is 0 Å². The number of nitrogens with one attached hydrogen (secondary N) is 1. The van der Waals surface area contributed by atoms with Crippen molar-refractivity contribution in [2.24, 2.45) is 0 Å². The van der Waals surface area contributed by atoms with Crippen molar-refractivity contribution in [1.82, 2.24) is 4.72 Å². The van der Waals surface area contributed by atoms with Gasteiger partial charge in [0.05, 0.1) is 21.3 Å². The molecule has 0 bridgehead atoms. The molecule has 0 aromatic heterocycles. The number of benzene rings is 1. The molecule has 0 aliphatic rings. The highest BCUT2D eigenvalue weighted by molar-refractivity contribution is 7.84. The van der Waals surface area contributed by atoms with E-state index in [1.54, 1.807) is 12.1 Å². The number of carbonyl (C=O) groups is 1. The predicted octanol–water partition coefficient (Wildman–Crippen LogP) is 3.75. The maximum absolute atomic E-state index is 12.2. The first-order valence-corrected chi connectivity index (χ1v) is 8.56. The van der Waals surface area contributed by atoms with Crippen LogP contribution in [0, 0.1) is 0 Å². The highest BCUT2D eigenvalue weighted by Gasteiger charge is 2.22. The van der Waals surface area contributed by atoms with E-state index in [2.05, 4.69) is 4.72 Å². The molecule has 0 amide bonds. The van der Waals surface area contributed by atoms with E-state index >= 15 is 0 Å². The van der Waals surface area contributed by atoms with Crippen LogP contribution in [0.5, 0.6) is 0 Å². The van der Waals surface area contributed by atoms with Gasteiger partial charge in [0.25, 0.3) is 0 Å². The Balaban J connectivity index is 2.88. The van der Waals surface area contributed by atoms with E-state index in [9.17, 15) is 9.00 Å². The zero-order chi connectivity index (χ0) is 17.1. The van der Waals surface area contributed by atoms with Crippen LogP contribution in [0.4, 0.5) is 0 Å². The first kappa shape index (κ1) is 18.8. The summed E-state index contributed by atoms with van der Waals surface area (Å²) >= 11 is 0. The van der Waals surface area contributed by atoms with Crippen molar-refractivity contribution in [3.63, 3.8) is 0 Å². The van der Waals surface area contributed by atoms with Gasteiger partial charge in [-0.15, -0.1) is 0 Å². The molecule has 4 nitrogen and oxygen atoms in total. The first-order chi connectivity index (χ1) is 9.90. The van der Waals surface area contributed by atoms with Crippen LogP contribution in [0.25, 0.3) is 0 Å². The first-order valence-electron chi connectivity index (χ1n) is 7.41. The van der Waals surface area contributed by atoms with Crippen LogP contribution >= 0.6 is 0 Å². The maximum Gasteiger partial charge on any atom is 0.338 e. The van der Waals surface area contributed by atoms with Crippen molar-refractivity contribution in [2.45, 2.75) is 64.9 Å². The fourth-order valence-electron chi connectivity index (χ4n) is 1.68. The van der Waals surface area contributed by atoms with Crippen molar-refractivity contribution < 1.29 is 13.7 Å².